The Balaban J connectivity index is 1.36. The van der Waals surface area contributed by atoms with Gasteiger partial charge in [0, 0.05) is 62.7 Å². The summed E-state index contributed by atoms with van der Waals surface area (Å²) >= 11 is 0. The third-order valence-corrected chi connectivity index (χ3v) is 4.91. The first-order chi connectivity index (χ1) is 13.8. The third kappa shape index (κ3) is 4.28. The van der Waals surface area contributed by atoms with Crippen molar-refractivity contribution in [3.05, 3.63) is 84.4 Å². The number of carbonyl (C=O) groups excluding carboxylic acids is 1. The van der Waals surface area contributed by atoms with Gasteiger partial charge in [-0.25, -0.2) is 0 Å². The van der Waals surface area contributed by atoms with Crippen molar-refractivity contribution in [2.45, 2.75) is 6.54 Å². The lowest BCUT2D eigenvalue weighted by molar-refractivity contribution is 0.0741. The first-order valence-corrected chi connectivity index (χ1v) is 9.48. The average molecular weight is 373 g/mol. The van der Waals surface area contributed by atoms with Crippen LogP contribution in [0.15, 0.2) is 73.2 Å². The second kappa shape index (κ2) is 8.52. The zero-order valence-corrected chi connectivity index (χ0v) is 15.7. The Morgan fingerprint density at radius 3 is 2.43 bits per heavy atom. The molecule has 6 nitrogen and oxygen atoms in total. The summed E-state index contributed by atoms with van der Waals surface area (Å²) in [5.41, 5.74) is 3.71. The van der Waals surface area contributed by atoms with Crippen molar-refractivity contribution in [3.63, 3.8) is 0 Å². The quantitative estimate of drug-likeness (QED) is 0.745. The van der Waals surface area contributed by atoms with Crippen molar-refractivity contribution in [1.29, 1.82) is 0 Å². The van der Waals surface area contributed by atoms with E-state index in [4.69, 9.17) is 0 Å². The topological polar surface area (TPSA) is 61.4 Å². The number of para-hydroxylation sites is 1. The molecule has 0 atom stereocenters. The number of amides is 1. The number of carbonyl (C=O) groups is 1. The highest BCUT2D eigenvalue weighted by Crippen LogP contribution is 2.17. The van der Waals surface area contributed by atoms with Crippen molar-refractivity contribution in [2.75, 3.05) is 36.4 Å². The summed E-state index contributed by atoms with van der Waals surface area (Å²) in [6.07, 6.45) is 5.23. The summed E-state index contributed by atoms with van der Waals surface area (Å²) in [5, 5.41) is 3.34. The molecule has 1 aliphatic heterocycles. The Hall–Kier alpha value is -3.41. The van der Waals surface area contributed by atoms with Gasteiger partial charge in [0.25, 0.3) is 5.91 Å². The molecule has 3 aromatic rings. The van der Waals surface area contributed by atoms with Crippen LogP contribution in [0.2, 0.25) is 0 Å². The fourth-order valence-electron chi connectivity index (χ4n) is 3.33. The van der Waals surface area contributed by atoms with Crippen LogP contribution in [-0.4, -0.2) is 47.0 Å². The van der Waals surface area contributed by atoms with Crippen LogP contribution in [-0.2, 0) is 6.54 Å². The highest BCUT2D eigenvalue weighted by Gasteiger charge is 2.23. The van der Waals surface area contributed by atoms with Crippen LogP contribution in [0.4, 0.5) is 11.4 Å². The molecule has 1 aliphatic rings. The van der Waals surface area contributed by atoms with Gasteiger partial charge in [-0.05, 0) is 42.0 Å². The Labute approximate surface area is 164 Å². The maximum absolute atomic E-state index is 12.9. The van der Waals surface area contributed by atoms with Gasteiger partial charge < -0.3 is 15.1 Å². The smallest absolute Gasteiger partial charge is 0.272 e. The highest BCUT2D eigenvalue weighted by atomic mass is 16.2. The van der Waals surface area contributed by atoms with Crippen molar-refractivity contribution in [2.24, 2.45) is 0 Å². The lowest BCUT2D eigenvalue weighted by atomic mass is 10.2. The van der Waals surface area contributed by atoms with Crippen molar-refractivity contribution < 1.29 is 4.79 Å². The summed E-state index contributed by atoms with van der Waals surface area (Å²) in [6, 6.07) is 18.0. The lowest BCUT2D eigenvalue weighted by Crippen LogP contribution is -2.49. The fraction of sp³-hybridized carbons (Fsp3) is 0.227. The normalized spacial score (nSPS) is 14.0. The minimum atomic E-state index is -0.0136. The first-order valence-electron chi connectivity index (χ1n) is 9.48. The summed E-state index contributed by atoms with van der Waals surface area (Å²) in [4.78, 5) is 25.4. The van der Waals surface area contributed by atoms with Gasteiger partial charge >= 0.3 is 0 Å². The van der Waals surface area contributed by atoms with E-state index < -0.39 is 0 Å². The van der Waals surface area contributed by atoms with E-state index in [1.807, 2.05) is 47.4 Å². The molecule has 1 fully saturated rings. The molecule has 142 valence electrons. The molecular weight excluding hydrogens is 350 g/mol. The molecule has 1 amide bonds. The second-order valence-corrected chi connectivity index (χ2v) is 6.75. The van der Waals surface area contributed by atoms with Crippen molar-refractivity contribution >= 4 is 17.3 Å². The van der Waals surface area contributed by atoms with Gasteiger partial charge in [0.2, 0.25) is 0 Å². The van der Waals surface area contributed by atoms with Crippen molar-refractivity contribution in [3.8, 4) is 0 Å². The molecule has 1 aromatic carbocycles. The summed E-state index contributed by atoms with van der Waals surface area (Å²) in [7, 11) is 0. The molecule has 2 aromatic heterocycles. The molecule has 0 aliphatic carbocycles. The zero-order chi connectivity index (χ0) is 19.2. The molecule has 1 N–H and O–H groups in total. The molecule has 3 heterocycles. The van der Waals surface area contributed by atoms with Gasteiger partial charge in [-0.3, -0.25) is 14.8 Å². The largest absolute Gasteiger partial charge is 0.381 e. The van der Waals surface area contributed by atoms with Crippen LogP contribution in [0.3, 0.4) is 0 Å². The SMILES string of the molecule is O=C(c1cc(NCc2ccncc2)ccn1)N1CCN(c2ccccc2)CC1. The van der Waals surface area contributed by atoms with Crippen LogP contribution in [0, 0.1) is 0 Å². The molecule has 4 rings (SSSR count). The number of nitrogens with zero attached hydrogens (tertiary/aromatic N) is 4. The molecule has 28 heavy (non-hydrogen) atoms. The number of benzene rings is 1. The second-order valence-electron chi connectivity index (χ2n) is 6.75. The number of rotatable bonds is 5. The molecule has 6 heteroatoms. The average Bonchev–Trinajstić information content (AvgIpc) is 2.79. The van der Waals surface area contributed by atoms with Gasteiger partial charge in [-0.1, -0.05) is 18.2 Å². The Kier molecular flexibility index (Phi) is 5.47. The first kappa shape index (κ1) is 18.0. The Morgan fingerprint density at radius 1 is 0.929 bits per heavy atom. The summed E-state index contributed by atoms with van der Waals surface area (Å²) < 4.78 is 0. The Morgan fingerprint density at radius 2 is 1.68 bits per heavy atom. The van der Waals surface area contributed by atoms with E-state index in [1.54, 1.807) is 18.6 Å². The minimum absolute atomic E-state index is 0.0136. The summed E-state index contributed by atoms with van der Waals surface area (Å²) in [5.74, 6) is -0.0136. The predicted molar refractivity (Wildman–Crippen MR) is 110 cm³/mol. The van der Waals surface area contributed by atoms with Gasteiger partial charge in [-0.15, -0.1) is 0 Å². The molecular formula is C22H23N5O. The van der Waals surface area contributed by atoms with Gasteiger partial charge in [-0.2, -0.15) is 0 Å². The van der Waals surface area contributed by atoms with Crippen molar-refractivity contribution in [1.82, 2.24) is 14.9 Å². The highest BCUT2D eigenvalue weighted by molar-refractivity contribution is 5.93. The maximum atomic E-state index is 12.9. The van der Waals surface area contributed by atoms with E-state index >= 15 is 0 Å². The van der Waals surface area contributed by atoms with E-state index in [9.17, 15) is 4.79 Å². The molecule has 0 unspecified atom stereocenters. The number of piperazine rings is 1. The standard InChI is InChI=1S/C22H23N5O/c28-22(27-14-12-26(13-15-27)20-4-2-1-3-5-20)21-16-19(8-11-24-21)25-17-18-6-9-23-10-7-18/h1-11,16H,12-15,17H2,(H,24,25). The monoisotopic (exact) mass is 373 g/mol. The van der Waals surface area contributed by atoms with E-state index in [0.717, 1.165) is 24.3 Å². The van der Waals surface area contributed by atoms with Crippen LogP contribution in [0.1, 0.15) is 16.1 Å². The number of hydrogen-bond acceptors (Lipinski definition) is 5. The van der Waals surface area contributed by atoms with E-state index in [2.05, 4.69) is 32.3 Å². The van der Waals surface area contributed by atoms with Crippen LogP contribution in [0.25, 0.3) is 0 Å². The molecule has 0 radical (unpaired) electrons. The Bertz CT molecular complexity index is 908. The van der Waals surface area contributed by atoms with E-state index in [1.165, 1.54) is 5.69 Å². The van der Waals surface area contributed by atoms with Crippen LogP contribution >= 0.6 is 0 Å². The number of aromatic nitrogens is 2. The predicted octanol–water partition coefficient (Wildman–Crippen LogP) is 3.05. The number of anilines is 2. The number of pyridine rings is 2. The zero-order valence-electron chi connectivity index (χ0n) is 15.7. The van der Waals surface area contributed by atoms with Gasteiger partial charge in [0.15, 0.2) is 0 Å². The number of hydrogen-bond donors (Lipinski definition) is 1. The van der Waals surface area contributed by atoms with Gasteiger partial charge in [0.05, 0.1) is 0 Å². The van der Waals surface area contributed by atoms with Crippen LogP contribution < -0.4 is 10.2 Å². The molecule has 0 saturated carbocycles. The number of nitrogens with one attached hydrogen (secondary N) is 1. The van der Waals surface area contributed by atoms with Crippen LogP contribution in [0.5, 0.6) is 0 Å². The lowest BCUT2D eigenvalue weighted by Gasteiger charge is -2.36. The maximum Gasteiger partial charge on any atom is 0.272 e. The molecule has 0 spiro atoms. The molecule has 0 bridgehead atoms. The fourth-order valence-corrected chi connectivity index (χ4v) is 3.33. The summed E-state index contributed by atoms with van der Waals surface area (Å²) in [6.45, 7) is 3.73. The van der Waals surface area contributed by atoms with E-state index in [-0.39, 0.29) is 5.91 Å². The third-order valence-electron chi connectivity index (χ3n) is 4.91. The van der Waals surface area contributed by atoms with Gasteiger partial charge in [0.1, 0.15) is 5.69 Å². The molecule has 1 saturated heterocycles. The minimum Gasteiger partial charge on any atom is -0.381 e. The van der Waals surface area contributed by atoms with E-state index in [0.29, 0.717) is 25.3 Å².